The summed E-state index contributed by atoms with van der Waals surface area (Å²) in [6, 6.07) is 13.3. The van der Waals surface area contributed by atoms with Gasteiger partial charge in [-0.3, -0.25) is 0 Å². The van der Waals surface area contributed by atoms with Crippen molar-refractivity contribution in [3.05, 3.63) is 53.1 Å². The highest BCUT2D eigenvalue weighted by Gasteiger charge is 2.31. The van der Waals surface area contributed by atoms with Gasteiger partial charge in [-0.1, -0.05) is 29.8 Å². The lowest BCUT2D eigenvalue weighted by Crippen LogP contribution is -2.53. The van der Waals surface area contributed by atoms with E-state index in [1.54, 1.807) is 0 Å². The van der Waals surface area contributed by atoms with Gasteiger partial charge >= 0.3 is 6.09 Å². The fourth-order valence-corrected chi connectivity index (χ4v) is 3.77. The number of fused-ring (bicyclic) bond motifs is 1. The van der Waals surface area contributed by atoms with Gasteiger partial charge in [0.15, 0.2) is 17.6 Å². The second-order valence-electron chi connectivity index (χ2n) is 6.84. The zero-order chi connectivity index (χ0) is 19.0. The van der Waals surface area contributed by atoms with Crippen LogP contribution in [0.25, 0.3) is 0 Å². The number of amides is 1. The molecule has 1 amide bonds. The second-order valence-corrected chi connectivity index (χ2v) is 7.28. The Morgan fingerprint density at radius 3 is 2.67 bits per heavy atom. The maximum absolute atomic E-state index is 11.3. The molecule has 1 saturated heterocycles. The predicted molar refractivity (Wildman–Crippen MR) is 103 cm³/mol. The largest absolute Gasteiger partial charge is 0.483 e. The first-order chi connectivity index (χ1) is 13.0. The number of piperazine rings is 1. The number of para-hydroxylation sites is 1. The van der Waals surface area contributed by atoms with Gasteiger partial charge in [0.2, 0.25) is 0 Å². The fourth-order valence-electron chi connectivity index (χ4n) is 3.64. The monoisotopic (exact) mass is 388 g/mol. The molecule has 2 aliphatic rings. The van der Waals surface area contributed by atoms with E-state index in [1.165, 1.54) is 4.90 Å². The Hall–Kier alpha value is -2.60. The summed E-state index contributed by atoms with van der Waals surface area (Å²) >= 11 is 5.96. The van der Waals surface area contributed by atoms with E-state index in [0.29, 0.717) is 37.0 Å². The highest BCUT2D eigenvalue weighted by Crippen LogP contribution is 2.43. The van der Waals surface area contributed by atoms with Crippen molar-refractivity contribution >= 4 is 23.4 Å². The summed E-state index contributed by atoms with van der Waals surface area (Å²) in [7, 11) is 0. The first kappa shape index (κ1) is 17.8. The maximum atomic E-state index is 11.3. The van der Waals surface area contributed by atoms with Crippen LogP contribution in [-0.4, -0.2) is 48.4 Å². The number of ether oxygens (including phenoxy) is 2. The van der Waals surface area contributed by atoms with E-state index in [4.69, 9.17) is 21.1 Å². The van der Waals surface area contributed by atoms with E-state index in [2.05, 4.69) is 4.90 Å². The molecule has 1 unspecified atom stereocenters. The van der Waals surface area contributed by atoms with Crippen molar-refractivity contribution in [3.8, 4) is 11.5 Å². The van der Waals surface area contributed by atoms with E-state index in [1.807, 2.05) is 49.4 Å². The number of carboxylic acid groups (broad SMARTS) is 1. The number of halogens is 1. The van der Waals surface area contributed by atoms with Crippen LogP contribution in [0.5, 0.6) is 11.5 Å². The molecule has 0 radical (unpaired) electrons. The van der Waals surface area contributed by atoms with Gasteiger partial charge in [-0.15, -0.1) is 0 Å². The van der Waals surface area contributed by atoms with Crippen molar-refractivity contribution in [3.63, 3.8) is 0 Å². The number of hydrogen-bond acceptors (Lipinski definition) is 4. The Morgan fingerprint density at radius 1 is 1.19 bits per heavy atom. The van der Waals surface area contributed by atoms with Gasteiger partial charge < -0.3 is 24.4 Å². The van der Waals surface area contributed by atoms with Gasteiger partial charge in [0, 0.05) is 30.7 Å². The average Bonchev–Trinajstić information content (AvgIpc) is 2.67. The lowest BCUT2D eigenvalue weighted by molar-refractivity contribution is 0.0911. The fraction of sp³-hybridized carbons (Fsp3) is 0.350. The van der Waals surface area contributed by atoms with Crippen molar-refractivity contribution in [2.24, 2.45) is 0 Å². The molecule has 2 aromatic carbocycles. The molecule has 0 spiro atoms. The van der Waals surface area contributed by atoms with Gasteiger partial charge in [-0.2, -0.15) is 0 Å². The zero-order valence-corrected chi connectivity index (χ0v) is 15.7. The number of nitrogens with zero attached hydrogens (tertiary/aromatic N) is 2. The molecular formula is C20H21ClN2O4. The van der Waals surface area contributed by atoms with Crippen molar-refractivity contribution in [2.45, 2.75) is 19.1 Å². The molecule has 0 bridgehead atoms. The number of benzene rings is 2. The van der Waals surface area contributed by atoms with Crippen molar-refractivity contribution < 1.29 is 19.4 Å². The third-order valence-electron chi connectivity index (χ3n) is 5.06. The molecule has 0 aliphatic carbocycles. The average molecular weight is 389 g/mol. The summed E-state index contributed by atoms with van der Waals surface area (Å²) in [4.78, 5) is 14.9. The van der Waals surface area contributed by atoms with Gasteiger partial charge in [-0.25, -0.2) is 4.79 Å². The molecule has 2 aromatic rings. The first-order valence-corrected chi connectivity index (χ1v) is 9.33. The first-order valence-electron chi connectivity index (χ1n) is 8.95. The van der Waals surface area contributed by atoms with Crippen molar-refractivity contribution in [1.29, 1.82) is 0 Å². The summed E-state index contributed by atoms with van der Waals surface area (Å²) in [5.41, 5.74) is 1.96. The molecular weight excluding hydrogens is 368 g/mol. The molecule has 4 rings (SSSR count). The molecule has 1 fully saturated rings. The van der Waals surface area contributed by atoms with Gasteiger partial charge in [0.1, 0.15) is 6.61 Å². The third-order valence-corrected chi connectivity index (χ3v) is 5.31. The smallest absolute Gasteiger partial charge is 0.407 e. The number of hydrogen-bond donors (Lipinski definition) is 1. The highest BCUT2D eigenvalue weighted by molar-refractivity contribution is 6.30. The summed E-state index contributed by atoms with van der Waals surface area (Å²) < 4.78 is 12.3. The van der Waals surface area contributed by atoms with E-state index >= 15 is 0 Å². The summed E-state index contributed by atoms with van der Waals surface area (Å²) in [6.07, 6.45) is -1.06. The Morgan fingerprint density at radius 2 is 1.96 bits per heavy atom. The molecule has 142 valence electrons. The molecule has 2 aliphatic heterocycles. The highest BCUT2D eigenvalue weighted by atomic mass is 35.5. The lowest BCUT2D eigenvalue weighted by atomic mass is 10.1. The van der Waals surface area contributed by atoms with E-state index in [0.717, 1.165) is 17.0 Å². The molecule has 0 aromatic heterocycles. The van der Waals surface area contributed by atoms with Crippen LogP contribution in [-0.2, 0) is 0 Å². The molecule has 27 heavy (non-hydrogen) atoms. The topological polar surface area (TPSA) is 62.2 Å². The second kappa shape index (κ2) is 7.19. The molecule has 7 heteroatoms. The Labute approximate surface area is 162 Å². The minimum Gasteiger partial charge on any atom is -0.483 e. The van der Waals surface area contributed by atoms with Crippen LogP contribution in [0.1, 0.15) is 18.6 Å². The SMILES string of the molecule is C[C@H]1CN(c2cccc3c2OCC(c2ccc(Cl)cc2)O3)CCN1C(=O)O. The minimum absolute atomic E-state index is 0.0848. The molecule has 0 saturated carbocycles. The summed E-state index contributed by atoms with van der Waals surface area (Å²) in [6.45, 7) is 4.04. The Balaban J connectivity index is 1.54. The molecule has 6 nitrogen and oxygen atoms in total. The third kappa shape index (κ3) is 3.49. The van der Waals surface area contributed by atoms with E-state index in [-0.39, 0.29) is 12.1 Å². The van der Waals surface area contributed by atoms with Crippen molar-refractivity contribution in [2.75, 3.05) is 31.1 Å². The van der Waals surface area contributed by atoms with Crippen LogP contribution in [0.3, 0.4) is 0 Å². The number of rotatable bonds is 2. The van der Waals surface area contributed by atoms with Gasteiger partial charge in [-0.05, 0) is 36.8 Å². The Bertz CT molecular complexity index is 842. The van der Waals surface area contributed by atoms with Crippen LogP contribution in [0.2, 0.25) is 5.02 Å². The van der Waals surface area contributed by atoms with E-state index < -0.39 is 6.09 Å². The lowest BCUT2D eigenvalue weighted by Gasteiger charge is -2.40. The quantitative estimate of drug-likeness (QED) is 0.841. The van der Waals surface area contributed by atoms with Crippen LogP contribution >= 0.6 is 11.6 Å². The normalized spacial score (nSPS) is 21.9. The molecule has 2 atom stereocenters. The minimum atomic E-state index is -0.873. The summed E-state index contributed by atoms with van der Waals surface area (Å²) in [5.74, 6) is 1.42. The van der Waals surface area contributed by atoms with E-state index in [9.17, 15) is 9.90 Å². The predicted octanol–water partition coefficient (Wildman–Crippen LogP) is 4.04. The van der Waals surface area contributed by atoms with Gasteiger partial charge in [0.25, 0.3) is 0 Å². The van der Waals surface area contributed by atoms with Crippen LogP contribution < -0.4 is 14.4 Å². The van der Waals surface area contributed by atoms with Crippen molar-refractivity contribution in [1.82, 2.24) is 4.90 Å². The van der Waals surface area contributed by atoms with Crippen LogP contribution in [0.15, 0.2) is 42.5 Å². The van der Waals surface area contributed by atoms with Crippen LogP contribution in [0, 0.1) is 0 Å². The summed E-state index contributed by atoms with van der Waals surface area (Å²) in [5, 5.41) is 9.95. The number of carbonyl (C=O) groups is 1. The van der Waals surface area contributed by atoms with Gasteiger partial charge in [0.05, 0.1) is 5.69 Å². The molecule has 2 heterocycles. The standard InChI is InChI=1S/C20H21ClN2O4/c1-13-11-22(9-10-23(13)20(24)25)16-3-2-4-17-19(16)26-12-18(27-17)14-5-7-15(21)8-6-14/h2-8,13,18H,9-12H2,1H3,(H,24,25)/t13-,18?/m0/s1. The number of anilines is 1. The van der Waals surface area contributed by atoms with Crippen LogP contribution in [0.4, 0.5) is 10.5 Å². The maximum Gasteiger partial charge on any atom is 0.407 e. The molecule has 1 N–H and O–H groups in total. The Kier molecular flexibility index (Phi) is 4.74. The zero-order valence-electron chi connectivity index (χ0n) is 15.0.